The number of aliphatic imine (C=N–C) groups is 1. The fraction of sp³-hybridized carbons (Fsp3) is 0.462. The van der Waals surface area contributed by atoms with E-state index in [1.807, 2.05) is 0 Å². The van der Waals surface area contributed by atoms with Crippen molar-refractivity contribution >= 4 is 38.5 Å². The second-order valence-corrected chi connectivity index (χ2v) is 6.83. The molecule has 1 aliphatic heterocycles. The van der Waals surface area contributed by atoms with Gasteiger partial charge in [-0.1, -0.05) is 41.5 Å². The summed E-state index contributed by atoms with van der Waals surface area (Å²) >= 11 is 4.64. The van der Waals surface area contributed by atoms with E-state index >= 15 is 0 Å². The SMILES string of the molecule is CC(C)[C@H]1CSC(Nc2cc(Br)cc(C(F)(F)F)c2)=N1. The Morgan fingerprint density at radius 1 is 1.35 bits per heavy atom. The number of nitrogens with one attached hydrogen (secondary N) is 1. The third-order valence-electron chi connectivity index (χ3n) is 2.92. The van der Waals surface area contributed by atoms with Crippen LogP contribution in [0.5, 0.6) is 0 Å². The van der Waals surface area contributed by atoms with Crippen molar-refractivity contribution in [2.24, 2.45) is 10.9 Å². The van der Waals surface area contributed by atoms with Crippen LogP contribution >= 0.6 is 27.7 Å². The van der Waals surface area contributed by atoms with E-state index in [-0.39, 0.29) is 6.04 Å². The van der Waals surface area contributed by atoms with Crippen LogP contribution in [-0.4, -0.2) is 17.0 Å². The van der Waals surface area contributed by atoms with Gasteiger partial charge in [0.25, 0.3) is 0 Å². The van der Waals surface area contributed by atoms with Crippen molar-refractivity contribution in [1.82, 2.24) is 0 Å². The summed E-state index contributed by atoms with van der Waals surface area (Å²) in [6.07, 6.45) is -4.36. The molecule has 1 aromatic carbocycles. The fourth-order valence-electron chi connectivity index (χ4n) is 1.75. The first-order valence-corrected chi connectivity index (χ1v) is 7.89. The number of anilines is 1. The minimum absolute atomic E-state index is 0.219. The van der Waals surface area contributed by atoms with Gasteiger partial charge in [-0.25, -0.2) is 0 Å². The molecule has 1 heterocycles. The smallest absolute Gasteiger partial charge is 0.335 e. The zero-order chi connectivity index (χ0) is 14.9. The zero-order valence-electron chi connectivity index (χ0n) is 11.0. The number of hydrogen-bond donors (Lipinski definition) is 1. The van der Waals surface area contributed by atoms with Crippen molar-refractivity contribution in [2.75, 3.05) is 11.1 Å². The summed E-state index contributed by atoms with van der Waals surface area (Å²) in [4.78, 5) is 4.48. The number of amidine groups is 1. The van der Waals surface area contributed by atoms with Gasteiger partial charge in [0, 0.05) is 15.9 Å². The molecule has 0 spiro atoms. The minimum Gasteiger partial charge on any atom is -0.335 e. The summed E-state index contributed by atoms with van der Waals surface area (Å²) in [5.74, 6) is 1.29. The molecule has 0 saturated carbocycles. The maximum atomic E-state index is 12.7. The number of rotatable bonds is 2. The second kappa shape index (κ2) is 5.97. The number of nitrogens with zero attached hydrogens (tertiary/aromatic N) is 1. The van der Waals surface area contributed by atoms with Crippen LogP contribution in [0.4, 0.5) is 18.9 Å². The molecule has 0 amide bonds. The first-order chi connectivity index (χ1) is 9.25. The van der Waals surface area contributed by atoms with Crippen LogP contribution in [0.1, 0.15) is 19.4 Å². The van der Waals surface area contributed by atoms with Gasteiger partial charge in [-0.05, 0) is 24.1 Å². The Hall–Kier alpha value is -0.690. The largest absolute Gasteiger partial charge is 0.416 e. The van der Waals surface area contributed by atoms with Gasteiger partial charge in [0.1, 0.15) is 0 Å². The second-order valence-electron chi connectivity index (χ2n) is 4.91. The lowest BCUT2D eigenvalue weighted by Crippen LogP contribution is -2.12. The Balaban J connectivity index is 2.18. The molecule has 1 N–H and O–H groups in total. The highest BCUT2D eigenvalue weighted by molar-refractivity contribution is 9.10. The Kier molecular flexibility index (Phi) is 4.69. The van der Waals surface area contributed by atoms with Crippen LogP contribution in [0.3, 0.4) is 0 Å². The lowest BCUT2D eigenvalue weighted by molar-refractivity contribution is -0.137. The van der Waals surface area contributed by atoms with Gasteiger partial charge < -0.3 is 5.32 Å². The van der Waals surface area contributed by atoms with Crippen LogP contribution in [0, 0.1) is 5.92 Å². The quantitative estimate of drug-likeness (QED) is 0.795. The highest BCUT2D eigenvalue weighted by Crippen LogP contribution is 2.34. The van der Waals surface area contributed by atoms with Crippen LogP contribution in [0.25, 0.3) is 0 Å². The summed E-state index contributed by atoms with van der Waals surface area (Å²) in [6.45, 7) is 4.16. The van der Waals surface area contributed by atoms with E-state index in [0.29, 0.717) is 21.2 Å². The number of halogens is 4. The van der Waals surface area contributed by atoms with E-state index in [9.17, 15) is 13.2 Å². The van der Waals surface area contributed by atoms with Crippen LogP contribution in [0.15, 0.2) is 27.7 Å². The number of benzene rings is 1. The molecule has 7 heteroatoms. The summed E-state index contributed by atoms with van der Waals surface area (Å²) in [5, 5.41) is 3.64. The summed E-state index contributed by atoms with van der Waals surface area (Å²) in [7, 11) is 0. The van der Waals surface area contributed by atoms with E-state index in [0.717, 1.165) is 17.9 Å². The molecule has 1 atom stereocenters. The van der Waals surface area contributed by atoms with Crippen LogP contribution < -0.4 is 5.32 Å². The minimum atomic E-state index is -4.36. The molecule has 0 aliphatic carbocycles. The maximum Gasteiger partial charge on any atom is 0.416 e. The predicted octanol–water partition coefficient (Wildman–Crippen LogP) is 5.01. The Labute approximate surface area is 128 Å². The average molecular weight is 367 g/mol. The van der Waals surface area contributed by atoms with E-state index in [1.165, 1.54) is 11.8 Å². The van der Waals surface area contributed by atoms with Crippen molar-refractivity contribution in [3.8, 4) is 0 Å². The molecule has 0 saturated heterocycles. The molecule has 1 aliphatic rings. The van der Waals surface area contributed by atoms with E-state index in [2.05, 4.69) is 40.1 Å². The van der Waals surface area contributed by atoms with Gasteiger partial charge in [0.05, 0.1) is 11.6 Å². The molecule has 2 nitrogen and oxygen atoms in total. The molecule has 0 unspecified atom stereocenters. The van der Waals surface area contributed by atoms with Crippen molar-refractivity contribution in [1.29, 1.82) is 0 Å². The monoisotopic (exact) mass is 366 g/mol. The first kappa shape index (κ1) is 15.7. The normalized spacial score (nSPS) is 19.4. The highest BCUT2D eigenvalue weighted by atomic mass is 79.9. The average Bonchev–Trinajstić information content (AvgIpc) is 2.75. The molecular weight excluding hydrogens is 353 g/mol. The topological polar surface area (TPSA) is 24.4 Å². The van der Waals surface area contributed by atoms with Gasteiger partial charge in [-0.3, -0.25) is 4.99 Å². The highest BCUT2D eigenvalue weighted by Gasteiger charge is 2.31. The Bertz CT molecular complexity index is 529. The Morgan fingerprint density at radius 3 is 2.60 bits per heavy atom. The third kappa shape index (κ3) is 3.91. The molecule has 0 radical (unpaired) electrons. The zero-order valence-corrected chi connectivity index (χ0v) is 13.4. The molecule has 0 bridgehead atoms. The van der Waals surface area contributed by atoms with Gasteiger partial charge in [0.15, 0.2) is 5.17 Å². The number of alkyl halides is 3. The molecule has 0 fully saturated rings. The van der Waals surface area contributed by atoms with E-state index < -0.39 is 11.7 Å². The maximum absolute atomic E-state index is 12.7. The van der Waals surface area contributed by atoms with Gasteiger partial charge >= 0.3 is 6.18 Å². The van der Waals surface area contributed by atoms with E-state index in [1.54, 1.807) is 6.07 Å². The Morgan fingerprint density at radius 2 is 2.05 bits per heavy atom. The van der Waals surface area contributed by atoms with E-state index in [4.69, 9.17) is 0 Å². The lowest BCUT2D eigenvalue weighted by atomic mass is 10.1. The summed E-state index contributed by atoms with van der Waals surface area (Å²) < 4.78 is 38.6. The van der Waals surface area contributed by atoms with Crippen molar-refractivity contribution in [3.63, 3.8) is 0 Å². The lowest BCUT2D eigenvalue weighted by Gasteiger charge is -2.11. The molecule has 110 valence electrons. The standard InChI is InChI=1S/C13H14BrF3N2S/c1-7(2)11-6-20-12(19-11)18-10-4-8(13(15,16)17)3-9(14)5-10/h3-5,7,11H,6H2,1-2H3,(H,18,19)/t11-/m1/s1. The summed E-state index contributed by atoms with van der Waals surface area (Å²) in [6, 6.07) is 3.99. The van der Waals surface area contributed by atoms with Crippen LogP contribution in [0.2, 0.25) is 0 Å². The van der Waals surface area contributed by atoms with Crippen molar-refractivity contribution in [2.45, 2.75) is 26.1 Å². The van der Waals surface area contributed by atoms with Gasteiger partial charge in [-0.2, -0.15) is 13.2 Å². The molecular formula is C13H14BrF3N2S. The molecule has 1 aromatic rings. The van der Waals surface area contributed by atoms with Crippen molar-refractivity contribution in [3.05, 3.63) is 28.2 Å². The molecule has 20 heavy (non-hydrogen) atoms. The molecule has 2 rings (SSSR count). The molecule has 0 aromatic heterocycles. The van der Waals surface area contributed by atoms with Crippen LogP contribution in [-0.2, 0) is 6.18 Å². The predicted molar refractivity (Wildman–Crippen MR) is 81.3 cm³/mol. The number of thioether (sulfide) groups is 1. The fourth-order valence-corrected chi connectivity index (χ4v) is 3.43. The van der Waals surface area contributed by atoms with Gasteiger partial charge in [-0.15, -0.1) is 0 Å². The van der Waals surface area contributed by atoms with Gasteiger partial charge in [0.2, 0.25) is 0 Å². The first-order valence-electron chi connectivity index (χ1n) is 6.11. The summed E-state index contributed by atoms with van der Waals surface area (Å²) in [5.41, 5.74) is -0.291. The van der Waals surface area contributed by atoms with Crippen molar-refractivity contribution < 1.29 is 13.2 Å². The third-order valence-corrected chi connectivity index (χ3v) is 4.37. The number of hydrogen-bond acceptors (Lipinski definition) is 3.